The predicted molar refractivity (Wildman–Crippen MR) is 146 cm³/mol. The number of carbonyl (C=O) groups is 3. The molecule has 36 heavy (non-hydrogen) atoms. The van der Waals surface area contributed by atoms with E-state index in [1.807, 2.05) is 0 Å². The van der Waals surface area contributed by atoms with Crippen LogP contribution in [0, 0.1) is 0 Å². The summed E-state index contributed by atoms with van der Waals surface area (Å²) in [7, 11) is 0. The first kappa shape index (κ1) is 34.1. The molecule has 0 bridgehead atoms. The summed E-state index contributed by atoms with van der Waals surface area (Å²) >= 11 is 0. The van der Waals surface area contributed by atoms with Gasteiger partial charge in [0, 0.05) is 20.3 Å². The summed E-state index contributed by atoms with van der Waals surface area (Å²) in [6, 6.07) is 0. The molecule has 210 valence electrons. The highest BCUT2D eigenvalue weighted by Gasteiger charge is 2.23. The Balaban J connectivity index is 3.74. The van der Waals surface area contributed by atoms with Crippen molar-refractivity contribution in [3.05, 3.63) is 12.2 Å². The first-order chi connectivity index (χ1) is 17.3. The van der Waals surface area contributed by atoms with Crippen LogP contribution in [0.5, 0.6) is 0 Å². The molecule has 0 aromatic rings. The Hall–Kier alpha value is -1.85. The highest BCUT2D eigenvalue weighted by atomic mass is 16.6. The van der Waals surface area contributed by atoms with Gasteiger partial charge in [0.25, 0.3) is 0 Å². The summed E-state index contributed by atoms with van der Waals surface area (Å²) in [5.74, 6) is -1.96. The van der Waals surface area contributed by atoms with Crippen LogP contribution >= 0.6 is 0 Å². The molecule has 6 heteroatoms. The number of esters is 2. The van der Waals surface area contributed by atoms with Crippen molar-refractivity contribution in [2.45, 2.75) is 161 Å². The summed E-state index contributed by atoms with van der Waals surface area (Å²) in [6.45, 7) is 4.85. The van der Waals surface area contributed by atoms with Crippen molar-refractivity contribution in [3.63, 3.8) is 0 Å². The molecule has 2 atom stereocenters. The largest absolute Gasteiger partial charge is 0.481 e. The number of ether oxygens (including phenoxy) is 2. The molecule has 0 unspecified atom stereocenters. The Morgan fingerprint density at radius 2 is 1.06 bits per heavy atom. The number of unbranched alkanes of at least 4 members (excludes halogenated alkanes) is 15. The fraction of sp³-hybridized carbons (Fsp3) is 0.833. The Kier molecular flexibility index (Phi) is 23.6. The lowest BCUT2D eigenvalue weighted by Gasteiger charge is -2.22. The van der Waals surface area contributed by atoms with E-state index in [-0.39, 0.29) is 12.8 Å². The van der Waals surface area contributed by atoms with Crippen molar-refractivity contribution in [2.75, 3.05) is 0 Å². The molecule has 0 aliphatic rings. The van der Waals surface area contributed by atoms with E-state index >= 15 is 0 Å². The van der Waals surface area contributed by atoms with Crippen LogP contribution in [0.3, 0.4) is 0 Å². The third kappa shape index (κ3) is 25.2. The molecule has 0 fully saturated rings. The molecule has 6 nitrogen and oxygen atoms in total. The summed E-state index contributed by atoms with van der Waals surface area (Å²) in [5.41, 5.74) is 0. The van der Waals surface area contributed by atoms with Gasteiger partial charge >= 0.3 is 17.9 Å². The minimum atomic E-state index is -1.04. The fourth-order valence-electron chi connectivity index (χ4n) is 4.51. The molecule has 0 spiro atoms. The first-order valence-corrected chi connectivity index (χ1v) is 14.6. The molecule has 0 aliphatic heterocycles. The average molecular weight is 511 g/mol. The summed E-state index contributed by atoms with van der Waals surface area (Å²) in [5, 5.41) is 9.04. The number of hydrogen-bond donors (Lipinski definition) is 1. The van der Waals surface area contributed by atoms with Crippen LogP contribution < -0.4 is 0 Å². The van der Waals surface area contributed by atoms with E-state index in [2.05, 4.69) is 19.1 Å². The van der Waals surface area contributed by atoms with Crippen LogP contribution in [-0.2, 0) is 23.9 Å². The van der Waals surface area contributed by atoms with Crippen LogP contribution in [-0.4, -0.2) is 35.2 Å². The van der Waals surface area contributed by atoms with Crippen molar-refractivity contribution in [1.29, 1.82) is 0 Å². The van der Waals surface area contributed by atoms with E-state index in [1.54, 1.807) is 0 Å². The maximum absolute atomic E-state index is 11.4. The van der Waals surface area contributed by atoms with Crippen molar-refractivity contribution in [1.82, 2.24) is 0 Å². The summed E-state index contributed by atoms with van der Waals surface area (Å²) in [6.07, 6.45) is 25.6. The number of carboxylic acids is 1. The van der Waals surface area contributed by atoms with E-state index in [9.17, 15) is 14.4 Å². The Labute approximate surface area is 220 Å². The second kappa shape index (κ2) is 24.8. The smallest absolute Gasteiger partial charge is 0.307 e. The molecular formula is C30H54O6. The van der Waals surface area contributed by atoms with Gasteiger partial charge in [0.15, 0.2) is 0 Å². The van der Waals surface area contributed by atoms with Gasteiger partial charge in [-0.15, -0.1) is 0 Å². The zero-order chi connectivity index (χ0) is 26.9. The van der Waals surface area contributed by atoms with Crippen LogP contribution in [0.4, 0.5) is 0 Å². The van der Waals surface area contributed by atoms with E-state index in [1.165, 1.54) is 104 Å². The highest BCUT2D eigenvalue weighted by Crippen LogP contribution is 2.18. The van der Waals surface area contributed by atoms with Gasteiger partial charge in [0.05, 0.1) is 6.42 Å². The standard InChI is InChI=1S/C30H54O6/c1-4-5-6-7-8-9-10-11-12-13-14-15-16-17-18-19-20-21-22-23-28(35-26(2)31)24-29(25-30(33)34)36-27(3)32/h8-9,28-29H,4-7,10-25H2,1-3H3,(H,33,34)/b9-8-/t28-,29-/m1/s1. The topological polar surface area (TPSA) is 89.9 Å². The van der Waals surface area contributed by atoms with Gasteiger partial charge in [0.2, 0.25) is 0 Å². The zero-order valence-electron chi connectivity index (χ0n) is 23.4. The molecule has 0 saturated carbocycles. The predicted octanol–water partition coefficient (Wildman–Crippen LogP) is 8.31. The molecule has 0 aliphatic carbocycles. The first-order valence-electron chi connectivity index (χ1n) is 14.6. The Bertz CT molecular complexity index is 570. The van der Waals surface area contributed by atoms with Crippen molar-refractivity contribution in [3.8, 4) is 0 Å². The second-order valence-corrected chi connectivity index (χ2v) is 10.1. The van der Waals surface area contributed by atoms with Crippen molar-refractivity contribution in [2.24, 2.45) is 0 Å². The van der Waals surface area contributed by atoms with E-state index < -0.39 is 30.1 Å². The number of aliphatic carboxylic acids is 1. The highest BCUT2D eigenvalue weighted by molar-refractivity contribution is 5.70. The fourth-order valence-corrected chi connectivity index (χ4v) is 4.51. The molecule has 0 radical (unpaired) electrons. The molecule has 1 N–H and O–H groups in total. The number of carbonyl (C=O) groups excluding carboxylic acids is 2. The van der Waals surface area contributed by atoms with Gasteiger partial charge in [0.1, 0.15) is 12.2 Å². The molecule has 0 aromatic heterocycles. The lowest BCUT2D eigenvalue weighted by Crippen LogP contribution is -2.28. The number of rotatable bonds is 25. The summed E-state index contributed by atoms with van der Waals surface area (Å²) < 4.78 is 10.5. The maximum Gasteiger partial charge on any atom is 0.307 e. The molecule has 0 saturated heterocycles. The lowest BCUT2D eigenvalue weighted by molar-refractivity contribution is -0.155. The van der Waals surface area contributed by atoms with Crippen LogP contribution in [0.2, 0.25) is 0 Å². The van der Waals surface area contributed by atoms with Crippen LogP contribution in [0.15, 0.2) is 12.2 Å². The zero-order valence-corrected chi connectivity index (χ0v) is 23.4. The average Bonchev–Trinajstić information content (AvgIpc) is 2.79. The van der Waals surface area contributed by atoms with Crippen molar-refractivity contribution < 1.29 is 29.0 Å². The van der Waals surface area contributed by atoms with Crippen LogP contribution in [0.1, 0.15) is 149 Å². The summed E-state index contributed by atoms with van der Waals surface area (Å²) in [4.78, 5) is 33.7. The van der Waals surface area contributed by atoms with E-state index in [0.29, 0.717) is 6.42 Å². The second-order valence-electron chi connectivity index (χ2n) is 10.1. The van der Waals surface area contributed by atoms with E-state index in [0.717, 1.165) is 19.3 Å². The normalized spacial score (nSPS) is 13.0. The number of carboxylic acid groups (broad SMARTS) is 1. The molecule has 0 aromatic carbocycles. The Morgan fingerprint density at radius 1 is 0.639 bits per heavy atom. The minimum Gasteiger partial charge on any atom is -0.481 e. The number of allylic oxidation sites excluding steroid dienone is 2. The van der Waals surface area contributed by atoms with E-state index in [4.69, 9.17) is 14.6 Å². The third-order valence-electron chi connectivity index (χ3n) is 6.38. The number of hydrogen-bond acceptors (Lipinski definition) is 5. The molecule has 0 heterocycles. The minimum absolute atomic E-state index is 0.223. The van der Waals surface area contributed by atoms with Gasteiger partial charge in [-0.25, -0.2) is 0 Å². The van der Waals surface area contributed by atoms with Gasteiger partial charge < -0.3 is 14.6 Å². The monoisotopic (exact) mass is 510 g/mol. The molecule has 0 rings (SSSR count). The van der Waals surface area contributed by atoms with Crippen LogP contribution in [0.25, 0.3) is 0 Å². The molecule has 0 amide bonds. The quantitative estimate of drug-likeness (QED) is 0.0754. The maximum atomic E-state index is 11.4. The van der Waals surface area contributed by atoms with Gasteiger partial charge in [-0.1, -0.05) is 96.1 Å². The Morgan fingerprint density at radius 3 is 1.50 bits per heavy atom. The van der Waals surface area contributed by atoms with Gasteiger partial charge in [-0.2, -0.15) is 0 Å². The van der Waals surface area contributed by atoms with Gasteiger partial charge in [-0.05, 0) is 38.5 Å². The third-order valence-corrected chi connectivity index (χ3v) is 6.38. The van der Waals surface area contributed by atoms with Gasteiger partial charge in [-0.3, -0.25) is 14.4 Å². The molecular weight excluding hydrogens is 456 g/mol. The SMILES string of the molecule is CCCCC/C=C\CCCCCCCCCCCCCC[C@H](C[C@H](CC(=O)O)OC(C)=O)OC(C)=O. The lowest BCUT2D eigenvalue weighted by atomic mass is 10.0. The van der Waals surface area contributed by atoms with Crippen molar-refractivity contribution >= 4 is 17.9 Å².